The molecule has 126 valence electrons. The molecule has 1 amide bonds. The molecule has 1 atom stereocenters. The van der Waals surface area contributed by atoms with Crippen molar-refractivity contribution in [2.24, 2.45) is 11.3 Å². The third kappa shape index (κ3) is 4.15. The van der Waals surface area contributed by atoms with E-state index >= 15 is 0 Å². The molecular weight excluding hydrogens is 298 g/mol. The molecule has 0 aliphatic carbocycles. The van der Waals surface area contributed by atoms with E-state index in [1.54, 1.807) is 21.0 Å². The van der Waals surface area contributed by atoms with Gasteiger partial charge in [-0.2, -0.15) is 0 Å². The maximum atomic E-state index is 12.2. The van der Waals surface area contributed by atoms with Gasteiger partial charge in [0, 0.05) is 6.54 Å². The molecule has 1 heterocycles. The molecule has 0 saturated heterocycles. The van der Waals surface area contributed by atoms with Gasteiger partial charge in [-0.05, 0) is 50.5 Å². The number of hydrogen-bond donors (Lipinski definition) is 2. The van der Waals surface area contributed by atoms with Crippen molar-refractivity contribution in [3.8, 4) is 11.5 Å². The summed E-state index contributed by atoms with van der Waals surface area (Å²) in [6, 6.07) is 5.55. The minimum atomic E-state index is -0.867. The lowest BCUT2D eigenvalue weighted by Crippen LogP contribution is -2.39. The van der Waals surface area contributed by atoms with Crippen LogP contribution in [0.4, 0.5) is 0 Å². The summed E-state index contributed by atoms with van der Waals surface area (Å²) in [5.74, 6) is 0.259. The van der Waals surface area contributed by atoms with E-state index in [-0.39, 0.29) is 11.8 Å². The Morgan fingerprint density at radius 1 is 1.43 bits per heavy atom. The smallest absolute Gasteiger partial charge is 0.309 e. The van der Waals surface area contributed by atoms with Crippen molar-refractivity contribution >= 4 is 11.9 Å². The number of carboxylic acids is 1. The average molecular weight is 321 g/mol. The van der Waals surface area contributed by atoms with Gasteiger partial charge in [0.05, 0.1) is 18.4 Å². The number of amides is 1. The third-order valence-electron chi connectivity index (χ3n) is 4.17. The van der Waals surface area contributed by atoms with Crippen LogP contribution in [0.2, 0.25) is 0 Å². The highest BCUT2D eigenvalue weighted by atomic mass is 16.5. The molecule has 0 radical (unpaired) electrons. The first-order valence-corrected chi connectivity index (χ1v) is 7.64. The monoisotopic (exact) mass is 321 g/mol. The molecule has 1 aromatic carbocycles. The van der Waals surface area contributed by atoms with Crippen molar-refractivity contribution in [2.45, 2.75) is 26.7 Å². The van der Waals surface area contributed by atoms with E-state index in [2.05, 4.69) is 5.32 Å². The highest BCUT2D eigenvalue weighted by Crippen LogP contribution is 2.30. The molecular formula is C17H23NO5. The molecule has 6 heteroatoms. The SMILES string of the molecule is COc1ccc2c(c1)CC(C(=O)NCCC(C)(C)C(=O)O)CO2. The van der Waals surface area contributed by atoms with E-state index < -0.39 is 11.4 Å². The number of aliphatic carboxylic acids is 1. The Balaban J connectivity index is 1.90. The fraction of sp³-hybridized carbons (Fsp3) is 0.529. The molecule has 0 bridgehead atoms. The number of fused-ring (bicyclic) bond motifs is 1. The molecule has 23 heavy (non-hydrogen) atoms. The average Bonchev–Trinajstić information content (AvgIpc) is 2.53. The predicted molar refractivity (Wildman–Crippen MR) is 84.7 cm³/mol. The second kappa shape index (κ2) is 6.89. The lowest BCUT2D eigenvalue weighted by atomic mass is 9.89. The van der Waals surface area contributed by atoms with E-state index in [1.165, 1.54) is 0 Å². The van der Waals surface area contributed by atoms with Gasteiger partial charge in [-0.15, -0.1) is 0 Å². The van der Waals surface area contributed by atoms with Crippen LogP contribution in [0.25, 0.3) is 0 Å². The fourth-order valence-electron chi connectivity index (χ4n) is 2.42. The highest BCUT2D eigenvalue weighted by Gasteiger charge is 2.29. The molecule has 1 unspecified atom stereocenters. The molecule has 1 aliphatic heterocycles. The normalized spacial score (nSPS) is 16.9. The summed E-state index contributed by atoms with van der Waals surface area (Å²) in [6.45, 7) is 3.95. The topological polar surface area (TPSA) is 84.9 Å². The summed E-state index contributed by atoms with van der Waals surface area (Å²) >= 11 is 0. The van der Waals surface area contributed by atoms with Crippen molar-refractivity contribution in [3.05, 3.63) is 23.8 Å². The molecule has 2 N–H and O–H groups in total. The zero-order chi connectivity index (χ0) is 17.0. The van der Waals surface area contributed by atoms with Crippen LogP contribution < -0.4 is 14.8 Å². The quantitative estimate of drug-likeness (QED) is 0.835. The summed E-state index contributed by atoms with van der Waals surface area (Å²) < 4.78 is 10.8. The molecule has 0 saturated carbocycles. The maximum absolute atomic E-state index is 12.2. The van der Waals surface area contributed by atoms with Crippen molar-refractivity contribution < 1.29 is 24.2 Å². The first-order valence-electron chi connectivity index (χ1n) is 7.64. The van der Waals surface area contributed by atoms with Crippen molar-refractivity contribution in [1.82, 2.24) is 5.32 Å². The van der Waals surface area contributed by atoms with Gasteiger partial charge in [-0.25, -0.2) is 0 Å². The van der Waals surface area contributed by atoms with Crippen LogP contribution in [0.3, 0.4) is 0 Å². The molecule has 0 aromatic heterocycles. The van der Waals surface area contributed by atoms with Crippen molar-refractivity contribution in [3.63, 3.8) is 0 Å². The largest absolute Gasteiger partial charge is 0.497 e. The molecule has 0 spiro atoms. The van der Waals surface area contributed by atoms with Gasteiger partial charge in [0.15, 0.2) is 0 Å². The fourth-order valence-corrected chi connectivity index (χ4v) is 2.42. The van der Waals surface area contributed by atoms with Crippen LogP contribution in [-0.4, -0.2) is 37.2 Å². The second-order valence-corrected chi connectivity index (χ2v) is 6.42. The number of hydrogen-bond acceptors (Lipinski definition) is 4. The summed E-state index contributed by atoms with van der Waals surface area (Å²) in [5, 5.41) is 11.9. The van der Waals surface area contributed by atoms with Crippen molar-refractivity contribution in [2.75, 3.05) is 20.3 Å². The minimum Gasteiger partial charge on any atom is -0.497 e. The van der Waals surface area contributed by atoms with Crippen LogP contribution in [0.1, 0.15) is 25.8 Å². The molecule has 0 fully saturated rings. The number of carbonyl (C=O) groups is 2. The third-order valence-corrected chi connectivity index (χ3v) is 4.17. The number of benzene rings is 1. The number of carbonyl (C=O) groups excluding carboxylic acids is 1. The van der Waals surface area contributed by atoms with Gasteiger partial charge in [0.1, 0.15) is 18.1 Å². The minimum absolute atomic E-state index is 0.111. The standard InChI is InChI=1S/C17H23NO5/c1-17(2,16(20)21)6-7-18-15(19)12-8-11-9-13(22-3)4-5-14(11)23-10-12/h4-5,9,12H,6-8,10H2,1-3H3,(H,18,19)(H,20,21). The Hall–Kier alpha value is -2.24. The van der Waals surface area contributed by atoms with Gasteiger partial charge < -0.3 is 19.9 Å². The van der Waals surface area contributed by atoms with Gasteiger partial charge in [-0.1, -0.05) is 0 Å². The maximum Gasteiger partial charge on any atom is 0.309 e. The number of nitrogens with one attached hydrogen (secondary N) is 1. The zero-order valence-corrected chi connectivity index (χ0v) is 13.7. The summed E-state index contributed by atoms with van der Waals surface area (Å²) in [6.07, 6.45) is 0.965. The first kappa shape index (κ1) is 17.1. The predicted octanol–water partition coefficient (Wildman–Crippen LogP) is 1.86. The Morgan fingerprint density at radius 3 is 2.83 bits per heavy atom. The highest BCUT2D eigenvalue weighted by molar-refractivity contribution is 5.80. The lowest BCUT2D eigenvalue weighted by molar-refractivity contribution is -0.147. The van der Waals surface area contributed by atoms with Gasteiger partial charge in [0.2, 0.25) is 5.91 Å². The molecule has 6 nitrogen and oxygen atoms in total. The number of carboxylic acid groups (broad SMARTS) is 1. The zero-order valence-electron chi connectivity index (χ0n) is 13.7. The Labute approximate surface area is 135 Å². The number of ether oxygens (including phenoxy) is 2. The number of rotatable bonds is 6. The Kier molecular flexibility index (Phi) is 5.13. The number of methoxy groups -OCH3 is 1. The van der Waals surface area contributed by atoms with Crippen LogP contribution in [-0.2, 0) is 16.0 Å². The van der Waals surface area contributed by atoms with E-state index in [4.69, 9.17) is 14.6 Å². The molecule has 1 aliphatic rings. The second-order valence-electron chi connectivity index (χ2n) is 6.42. The van der Waals surface area contributed by atoms with Gasteiger partial charge in [0.25, 0.3) is 0 Å². The van der Waals surface area contributed by atoms with Gasteiger partial charge in [-0.3, -0.25) is 9.59 Å². The van der Waals surface area contributed by atoms with Crippen LogP contribution in [0, 0.1) is 11.3 Å². The molecule has 2 rings (SSSR count). The van der Waals surface area contributed by atoms with Crippen LogP contribution in [0.5, 0.6) is 11.5 Å². The Bertz CT molecular complexity index is 597. The first-order chi connectivity index (χ1) is 10.8. The lowest BCUT2D eigenvalue weighted by Gasteiger charge is -2.25. The van der Waals surface area contributed by atoms with E-state index in [1.807, 2.05) is 18.2 Å². The van der Waals surface area contributed by atoms with Crippen LogP contribution >= 0.6 is 0 Å². The van der Waals surface area contributed by atoms with E-state index in [9.17, 15) is 9.59 Å². The van der Waals surface area contributed by atoms with Gasteiger partial charge >= 0.3 is 5.97 Å². The van der Waals surface area contributed by atoms with E-state index in [0.29, 0.717) is 26.0 Å². The molecule has 1 aromatic rings. The summed E-state index contributed by atoms with van der Waals surface area (Å²) in [5.41, 5.74) is 0.0951. The van der Waals surface area contributed by atoms with Crippen LogP contribution in [0.15, 0.2) is 18.2 Å². The summed E-state index contributed by atoms with van der Waals surface area (Å²) in [7, 11) is 1.60. The summed E-state index contributed by atoms with van der Waals surface area (Å²) in [4.78, 5) is 23.3. The Morgan fingerprint density at radius 2 is 2.17 bits per heavy atom. The van der Waals surface area contributed by atoms with Crippen molar-refractivity contribution in [1.29, 1.82) is 0 Å². The van der Waals surface area contributed by atoms with E-state index in [0.717, 1.165) is 17.1 Å².